The molecule has 0 radical (unpaired) electrons. The highest BCUT2D eigenvalue weighted by atomic mass is 19.1. The number of aryl methyl sites for hydroxylation is 1. The summed E-state index contributed by atoms with van der Waals surface area (Å²) in [4.78, 5) is 7.47. The maximum absolute atomic E-state index is 14.2. The second kappa shape index (κ2) is 8.05. The van der Waals surface area contributed by atoms with Crippen molar-refractivity contribution < 1.29 is 4.39 Å². The van der Waals surface area contributed by atoms with Gasteiger partial charge in [-0.3, -0.25) is 4.90 Å². The smallest absolute Gasteiger partial charge is 0.146 e. The van der Waals surface area contributed by atoms with Gasteiger partial charge in [-0.2, -0.15) is 0 Å². The Labute approximate surface area is 152 Å². The van der Waals surface area contributed by atoms with E-state index < -0.39 is 0 Å². The summed E-state index contributed by atoms with van der Waals surface area (Å²) in [5.74, 6) is 0.675. The number of anilines is 1. The molecular weight excluding hydrogens is 313 g/mol. The molecule has 2 saturated heterocycles. The minimum Gasteiger partial charge on any atom is -0.369 e. The first-order valence-corrected chi connectivity index (χ1v) is 9.89. The standard InChI is InChI=1S/C21H34FN3/c1-16(2)13-19-15-25(12-11-23(19)4)18-7-9-24(10-8-18)21-6-5-17(3)14-20(21)22/h5-6,14,16,18-19H,7-13,15H2,1-4H3. The van der Waals surface area contributed by atoms with Gasteiger partial charge in [-0.15, -0.1) is 0 Å². The molecule has 2 aliphatic rings. The fourth-order valence-corrected chi connectivity index (χ4v) is 4.44. The molecule has 1 unspecified atom stereocenters. The van der Waals surface area contributed by atoms with E-state index in [4.69, 9.17) is 0 Å². The van der Waals surface area contributed by atoms with Crippen LogP contribution in [0, 0.1) is 18.7 Å². The van der Waals surface area contributed by atoms with Crippen LogP contribution >= 0.6 is 0 Å². The molecule has 3 rings (SSSR count). The van der Waals surface area contributed by atoms with Crippen LogP contribution in [-0.4, -0.2) is 61.7 Å². The van der Waals surface area contributed by atoms with Crippen molar-refractivity contribution in [1.29, 1.82) is 0 Å². The van der Waals surface area contributed by atoms with Gasteiger partial charge in [0.1, 0.15) is 5.82 Å². The number of hydrogen-bond donors (Lipinski definition) is 0. The molecule has 0 spiro atoms. The Morgan fingerprint density at radius 2 is 1.84 bits per heavy atom. The van der Waals surface area contributed by atoms with Crippen molar-refractivity contribution in [2.75, 3.05) is 44.7 Å². The van der Waals surface area contributed by atoms with E-state index in [1.807, 2.05) is 19.1 Å². The molecule has 3 nitrogen and oxygen atoms in total. The molecule has 2 heterocycles. The molecule has 1 aromatic rings. The third-order valence-corrected chi connectivity index (χ3v) is 5.98. The van der Waals surface area contributed by atoms with Gasteiger partial charge in [0.25, 0.3) is 0 Å². The predicted octanol–water partition coefficient (Wildman–Crippen LogP) is 3.77. The number of halogens is 1. The van der Waals surface area contributed by atoms with Gasteiger partial charge >= 0.3 is 0 Å². The Balaban J connectivity index is 1.56. The van der Waals surface area contributed by atoms with E-state index in [0.717, 1.165) is 43.1 Å². The third kappa shape index (κ3) is 4.53. The molecule has 0 aromatic heterocycles. The minimum absolute atomic E-state index is 0.0740. The molecule has 4 heteroatoms. The molecule has 0 aliphatic carbocycles. The Kier molecular flexibility index (Phi) is 6.00. The van der Waals surface area contributed by atoms with Crippen LogP contribution in [-0.2, 0) is 0 Å². The fourth-order valence-electron chi connectivity index (χ4n) is 4.44. The Morgan fingerprint density at radius 1 is 1.12 bits per heavy atom. The largest absolute Gasteiger partial charge is 0.369 e. The van der Waals surface area contributed by atoms with Crippen LogP contribution < -0.4 is 4.90 Å². The van der Waals surface area contributed by atoms with Crippen LogP contribution in [0.4, 0.5) is 10.1 Å². The van der Waals surface area contributed by atoms with E-state index in [-0.39, 0.29) is 5.82 Å². The molecule has 2 fully saturated rings. The lowest BCUT2D eigenvalue weighted by Gasteiger charge is -2.46. The lowest BCUT2D eigenvalue weighted by molar-refractivity contribution is 0.0470. The van der Waals surface area contributed by atoms with E-state index in [1.165, 1.54) is 26.1 Å². The zero-order chi connectivity index (χ0) is 18.0. The van der Waals surface area contributed by atoms with Crippen molar-refractivity contribution in [2.24, 2.45) is 5.92 Å². The van der Waals surface area contributed by atoms with E-state index in [9.17, 15) is 4.39 Å². The summed E-state index contributed by atoms with van der Waals surface area (Å²) in [6, 6.07) is 6.95. The van der Waals surface area contributed by atoms with Crippen molar-refractivity contribution in [3.05, 3.63) is 29.6 Å². The average molecular weight is 348 g/mol. The van der Waals surface area contributed by atoms with Gasteiger partial charge in [0.15, 0.2) is 0 Å². The zero-order valence-electron chi connectivity index (χ0n) is 16.3. The van der Waals surface area contributed by atoms with Gasteiger partial charge < -0.3 is 9.80 Å². The van der Waals surface area contributed by atoms with Crippen LogP contribution in [0.1, 0.15) is 38.7 Å². The highest BCUT2D eigenvalue weighted by molar-refractivity contribution is 5.49. The monoisotopic (exact) mass is 347 g/mol. The second-order valence-electron chi connectivity index (χ2n) is 8.43. The minimum atomic E-state index is -0.0740. The molecule has 0 saturated carbocycles. The van der Waals surface area contributed by atoms with Crippen LogP contribution in [0.2, 0.25) is 0 Å². The lowest BCUT2D eigenvalue weighted by atomic mass is 9.96. The van der Waals surface area contributed by atoms with E-state index in [1.54, 1.807) is 6.07 Å². The number of piperazine rings is 1. The molecule has 2 aliphatic heterocycles. The molecule has 0 amide bonds. The Morgan fingerprint density at radius 3 is 2.48 bits per heavy atom. The van der Waals surface area contributed by atoms with Crippen molar-refractivity contribution in [1.82, 2.24) is 9.80 Å². The van der Waals surface area contributed by atoms with Crippen LogP contribution in [0.3, 0.4) is 0 Å². The van der Waals surface area contributed by atoms with Crippen molar-refractivity contribution in [3.8, 4) is 0 Å². The van der Waals surface area contributed by atoms with Crippen molar-refractivity contribution in [3.63, 3.8) is 0 Å². The van der Waals surface area contributed by atoms with Gasteiger partial charge in [-0.05, 0) is 56.8 Å². The molecule has 140 valence electrons. The highest BCUT2D eigenvalue weighted by Crippen LogP contribution is 2.27. The maximum Gasteiger partial charge on any atom is 0.146 e. The summed E-state index contributed by atoms with van der Waals surface area (Å²) >= 11 is 0. The molecule has 25 heavy (non-hydrogen) atoms. The quantitative estimate of drug-likeness (QED) is 0.821. The molecular formula is C21H34FN3. The van der Waals surface area contributed by atoms with Crippen LogP contribution in [0.15, 0.2) is 18.2 Å². The summed E-state index contributed by atoms with van der Waals surface area (Å²) in [5.41, 5.74) is 1.77. The first-order chi connectivity index (χ1) is 11.9. The lowest BCUT2D eigenvalue weighted by Crippen LogP contribution is -2.56. The first-order valence-electron chi connectivity index (χ1n) is 9.89. The highest BCUT2D eigenvalue weighted by Gasteiger charge is 2.31. The van der Waals surface area contributed by atoms with Crippen LogP contribution in [0.5, 0.6) is 0 Å². The molecule has 1 atom stereocenters. The first kappa shape index (κ1) is 18.7. The van der Waals surface area contributed by atoms with Gasteiger partial charge in [0.05, 0.1) is 5.69 Å². The van der Waals surface area contributed by atoms with Crippen LogP contribution in [0.25, 0.3) is 0 Å². The molecule has 0 bridgehead atoms. The van der Waals surface area contributed by atoms with Gasteiger partial charge in [-0.25, -0.2) is 4.39 Å². The summed E-state index contributed by atoms with van der Waals surface area (Å²) in [6.07, 6.45) is 3.57. The summed E-state index contributed by atoms with van der Waals surface area (Å²) < 4.78 is 14.2. The summed E-state index contributed by atoms with van der Waals surface area (Å²) in [6.45, 7) is 12.1. The van der Waals surface area contributed by atoms with E-state index >= 15 is 0 Å². The maximum atomic E-state index is 14.2. The number of likely N-dealkylation sites (N-methyl/N-ethyl adjacent to an activating group) is 1. The normalized spacial score (nSPS) is 24.2. The number of hydrogen-bond acceptors (Lipinski definition) is 3. The second-order valence-corrected chi connectivity index (χ2v) is 8.43. The Hall–Kier alpha value is -1.13. The van der Waals surface area contributed by atoms with E-state index in [0.29, 0.717) is 12.1 Å². The average Bonchev–Trinajstić information content (AvgIpc) is 2.57. The summed E-state index contributed by atoms with van der Waals surface area (Å²) in [5, 5.41) is 0. The topological polar surface area (TPSA) is 9.72 Å². The fraction of sp³-hybridized carbons (Fsp3) is 0.714. The molecule has 0 N–H and O–H groups in total. The van der Waals surface area contributed by atoms with Gasteiger partial charge in [0.2, 0.25) is 0 Å². The summed E-state index contributed by atoms with van der Waals surface area (Å²) in [7, 11) is 2.27. The Bertz CT molecular complexity index is 566. The van der Waals surface area contributed by atoms with Crippen molar-refractivity contribution in [2.45, 2.75) is 52.1 Å². The predicted molar refractivity (Wildman–Crippen MR) is 104 cm³/mol. The SMILES string of the molecule is Cc1ccc(N2CCC(N3CCN(C)C(CC(C)C)C3)CC2)c(F)c1. The van der Waals surface area contributed by atoms with Crippen molar-refractivity contribution >= 4 is 5.69 Å². The zero-order valence-corrected chi connectivity index (χ0v) is 16.3. The van der Waals surface area contributed by atoms with Gasteiger partial charge in [-0.1, -0.05) is 19.9 Å². The number of benzene rings is 1. The van der Waals surface area contributed by atoms with Gasteiger partial charge in [0, 0.05) is 44.8 Å². The number of rotatable bonds is 4. The third-order valence-electron chi connectivity index (χ3n) is 5.98. The molecule has 1 aromatic carbocycles. The number of nitrogens with zero attached hydrogens (tertiary/aromatic N) is 3. The van der Waals surface area contributed by atoms with E-state index in [2.05, 4.69) is 35.6 Å². The number of piperidine rings is 1.